The van der Waals surface area contributed by atoms with Crippen LogP contribution in [-0.2, 0) is 17.7 Å². The van der Waals surface area contributed by atoms with Crippen LogP contribution in [0.1, 0.15) is 18.4 Å². The average Bonchev–Trinajstić information content (AvgIpc) is 2.80. The Kier molecular flexibility index (Phi) is 4.79. The molecule has 98 valence electrons. The minimum atomic E-state index is 0.706. The first-order valence-electron chi connectivity index (χ1n) is 6.62. The monoisotopic (exact) mass is 246 g/mol. The topological polar surface area (TPSA) is 40.2 Å². The summed E-state index contributed by atoms with van der Waals surface area (Å²) in [4.78, 5) is 0. The molecule has 0 aliphatic rings. The van der Waals surface area contributed by atoms with Crippen LogP contribution in [0.2, 0.25) is 0 Å². The second kappa shape index (κ2) is 6.57. The fraction of sp³-hybridized carbons (Fsp3) is 0.467. The predicted molar refractivity (Wildman–Crippen MR) is 75.8 cm³/mol. The van der Waals surface area contributed by atoms with Gasteiger partial charge in [-0.2, -0.15) is 0 Å². The predicted octanol–water partition coefficient (Wildman–Crippen LogP) is 2.57. The number of nitrogens with zero attached hydrogens (tertiary/aromatic N) is 1. The molecule has 0 saturated heterocycles. The highest BCUT2D eigenvalue weighted by atomic mass is 16.5. The number of unbranched alkanes of at least 4 members (excludes halogenated alkanes) is 1. The van der Waals surface area contributed by atoms with Crippen LogP contribution in [0, 0.1) is 0 Å². The Morgan fingerprint density at radius 3 is 2.89 bits per heavy atom. The molecule has 2 rings (SSSR count). The first-order valence-corrected chi connectivity index (χ1v) is 6.62. The molecule has 1 aromatic heterocycles. The Hall–Kier alpha value is -1.32. The zero-order chi connectivity index (χ0) is 12.8. The van der Waals surface area contributed by atoms with Gasteiger partial charge < -0.3 is 15.0 Å². The molecule has 3 nitrogen and oxygen atoms in total. The number of nitrogens with two attached hydrogens (primary N) is 1. The van der Waals surface area contributed by atoms with Gasteiger partial charge in [0, 0.05) is 37.4 Å². The molecule has 0 saturated carbocycles. The molecule has 0 aliphatic heterocycles. The number of aromatic nitrogens is 1. The average molecular weight is 246 g/mol. The molecule has 1 heterocycles. The minimum absolute atomic E-state index is 0.706. The summed E-state index contributed by atoms with van der Waals surface area (Å²) in [6.07, 6.45) is 5.39. The van der Waals surface area contributed by atoms with E-state index in [1.54, 1.807) is 7.11 Å². The van der Waals surface area contributed by atoms with Crippen molar-refractivity contribution in [1.82, 2.24) is 4.57 Å². The largest absolute Gasteiger partial charge is 0.385 e. The van der Waals surface area contributed by atoms with E-state index in [2.05, 4.69) is 35.0 Å². The third-order valence-corrected chi connectivity index (χ3v) is 3.32. The smallest absolute Gasteiger partial charge is 0.0483 e. The summed E-state index contributed by atoms with van der Waals surface area (Å²) in [7, 11) is 1.75. The van der Waals surface area contributed by atoms with Gasteiger partial charge >= 0.3 is 0 Å². The van der Waals surface area contributed by atoms with Crippen molar-refractivity contribution in [3.05, 3.63) is 36.0 Å². The maximum atomic E-state index is 5.65. The molecule has 2 aromatic rings. The summed E-state index contributed by atoms with van der Waals surface area (Å²) in [5.74, 6) is 0. The number of benzene rings is 1. The number of fused-ring (bicyclic) bond motifs is 1. The fourth-order valence-electron chi connectivity index (χ4n) is 2.38. The van der Waals surface area contributed by atoms with Crippen LogP contribution in [-0.4, -0.2) is 24.8 Å². The minimum Gasteiger partial charge on any atom is -0.385 e. The van der Waals surface area contributed by atoms with E-state index in [0.29, 0.717) is 6.54 Å². The van der Waals surface area contributed by atoms with Gasteiger partial charge in [0.2, 0.25) is 0 Å². The highest BCUT2D eigenvalue weighted by molar-refractivity contribution is 5.83. The van der Waals surface area contributed by atoms with Crippen molar-refractivity contribution in [3.63, 3.8) is 0 Å². The van der Waals surface area contributed by atoms with Crippen molar-refractivity contribution in [3.8, 4) is 0 Å². The first-order chi connectivity index (χ1) is 8.86. The molecule has 0 amide bonds. The summed E-state index contributed by atoms with van der Waals surface area (Å²) in [5.41, 5.74) is 8.32. The Bertz CT molecular complexity index is 490. The molecule has 0 aliphatic carbocycles. The highest BCUT2D eigenvalue weighted by Crippen LogP contribution is 2.21. The Morgan fingerprint density at radius 1 is 1.22 bits per heavy atom. The van der Waals surface area contributed by atoms with Gasteiger partial charge in [0.15, 0.2) is 0 Å². The summed E-state index contributed by atoms with van der Waals surface area (Å²) >= 11 is 0. The van der Waals surface area contributed by atoms with Crippen LogP contribution in [0.5, 0.6) is 0 Å². The van der Waals surface area contributed by atoms with E-state index in [4.69, 9.17) is 10.5 Å². The SMILES string of the molecule is COCCCCn1ccc2c(CCN)cccc21. The molecule has 0 bridgehead atoms. The summed E-state index contributed by atoms with van der Waals surface area (Å²) in [6, 6.07) is 8.69. The Balaban J connectivity index is 2.12. The number of hydrogen-bond donors (Lipinski definition) is 1. The molecule has 0 unspecified atom stereocenters. The highest BCUT2D eigenvalue weighted by Gasteiger charge is 2.04. The number of aryl methyl sites for hydroxylation is 1. The van der Waals surface area contributed by atoms with Gasteiger partial charge in [-0.15, -0.1) is 0 Å². The lowest BCUT2D eigenvalue weighted by Gasteiger charge is -2.06. The van der Waals surface area contributed by atoms with Crippen LogP contribution < -0.4 is 5.73 Å². The van der Waals surface area contributed by atoms with E-state index >= 15 is 0 Å². The maximum Gasteiger partial charge on any atom is 0.0483 e. The first kappa shape index (κ1) is 13.1. The van der Waals surface area contributed by atoms with Gasteiger partial charge in [-0.3, -0.25) is 0 Å². The summed E-state index contributed by atoms with van der Waals surface area (Å²) < 4.78 is 7.40. The third-order valence-electron chi connectivity index (χ3n) is 3.32. The summed E-state index contributed by atoms with van der Waals surface area (Å²) in [5, 5.41) is 1.34. The molecule has 0 radical (unpaired) electrons. The van der Waals surface area contributed by atoms with Crippen LogP contribution in [0.25, 0.3) is 10.9 Å². The van der Waals surface area contributed by atoms with Crippen molar-refractivity contribution in [2.24, 2.45) is 5.73 Å². The standard InChI is InChI=1S/C15H22N2O/c1-18-12-3-2-10-17-11-8-14-13(7-9-16)5-4-6-15(14)17/h4-6,8,11H,2-3,7,9-10,12,16H2,1H3. The van der Waals surface area contributed by atoms with Gasteiger partial charge in [0.25, 0.3) is 0 Å². The van der Waals surface area contributed by atoms with Crippen LogP contribution in [0.3, 0.4) is 0 Å². The van der Waals surface area contributed by atoms with Gasteiger partial charge in [-0.1, -0.05) is 12.1 Å². The van der Waals surface area contributed by atoms with E-state index in [1.807, 2.05) is 0 Å². The molecular weight excluding hydrogens is 224 g/mol. The maximum absolute atomic E-state index is 5.65. The summed E-state index contributed by atoms with van der Waals surface area (Å²) in [6.45, 7) is 2.61. The van der Waals surface area contributed by atoms with Crippen LogP contribution >= 0.6 is 0 Å². The third kappa shape index (κ3) is 2.92. The molecule has 0 fully saturated rings. The number of hydrogen-bond acceptors (Lipinski definition) is 2. The number of rotatable bonds is 7. The van der Waals surface area contributed by atoms with Crippen molar-refractivity contribution >= 4 is 10.9 Å². The molecule has 2 N–H and O–H groups in total. The van der Waals surface area contributed by atoms with E-state index in [9.17, 15) is 0 Å². The molecular formula is C15H22N2O. The lowest BCUT2D eigenvalue weighted by atomic mass is 10.1. The lowest BCUT2D eigenvalue weighted by Crippen LogP contribution is -2.03. The zero-order valence-corrected chi connectivity index (χ0v) is 11.1. The van der Waals surface area contributed by atoms with Crippen molar-refractivity contribution in [1.29, 1.82) is 0 Å². The number of ether oxygens (including phenoxy) is 1. The molecule has 0 atom stereocenters. The van der Waals surface area contributed by atoms with E-state index in [1.165, 1.54) is 16.5 Å². The van der Waals surface area contributed by atoms with E-state index in [-0.39, 0.29) is 0 Å². The zero-order valence-electron chi connectivity index (χ0n) is 11.1. The van der Waals surface area contributed by atoms with Gasteiger partial charge in [-0.05, 0) is 43.5 Å². The van der Waals surface area contributed by atoms with Crippen molar-refractivity contribution in [2.75, 3.05) is 20.3 Å². The van der Waals surface area contributed by atoms with E-state index in [0.717, 1.165) is 32.4 Å². The van der Waals surface area contributed by atoms with Crippen molar-refractivity contribution < 1.29 is 4.74 Å². The quantitative estimate of drug-likeness (QED) is 0.763. The Morgan fingerprint density at radius 2 is 2.11 bits per heavy atom. The van der Waals surface area contributed by atoms with Crippen molar-refractivity contribution in [2.45, 2.75) is 25.8 Å². The second-order valence-corrected chi connectivity index (χ2v) is 4.60. The van der Waals surface area contributed by atoms with Gasteiger partial charge in [0.05, 0.1) is 0 Å². The normalized spacial score (nSPS) is 11.2. The molecule has 1 aromatic carbocycles. The fourth-order valence-corrected chi connectivity index (χ4v) is 2.38. The molecule has 18 heavy (non-hydrogen) atoms. The van der Waals surface area contributed by atoms with Crippen LogP contribution in [0.15, 0.2) is 30.5 Å². The lowest BCUT2D eigenvalue weighted by molar-refractivity contribution is 0.191. The van der Waals surface area contributed by atoms with E-state index < -0.39 is 0 Å². The van der Waals surface area contributed by atoms with Gasteiger partial charge in [0.1, 0.15) is 0 Å². The molecule has 3 heteroatoms. The number of methoxy groups -OCH3 is 1. The van der Waals surface area contributed by atoms with Gasteiger partial charge in [-0.25, -0.2) is 0 Å². The molecule has 0 spiro atoms. The Labute approximate surface area is 109 Å². The second-order valence-electron chi connectivity index (χ2n) is 4.60. The van der Waals surface area contributed by atoms with Crippen LogP contribution in [0.4, 0.5) is 0 Å².